The molecule has 0 aliphatic carbocycles. The maximum absolute atomic E-state index is 12.8. The van der Waals surface area contributed by atoms with Gasteiger partial charge in [-0.25, -0.2) is 0 Å². The van der Waals surface area contributed by atoms with Crippen LogP contribution in [0.1, 0.15) is 37.8 Å². The van der Waals surface area contributed by atoms with Gasteiger partial charge >= 0.3 is 0 Å². The van der Waals surface area contributed by atoms with Crippen molar-refractivity contribution in [3.63, 3.8) is 0 Å². The number of ether oxygens (including phenoxy) is 2. The first-order valence-electron chi connectivity index (χ1n) is 10.0. The molecule has 164 valence electrons. The molecule has 3 rings (SSSR count). The lowest BCUT2D eigenvalue weighted by Gasteiger charge is -2.13. The van der Waals surface area contributed by atoms with Gasteiger partial charge in [0.15, 0.2) is 11.5 Å². The molecule has 8 heteroatoms. The van der Waals surface area contributed by atoms with Crippen LogP contribution >= 0.6 is 35.0 Å². The number of carbonyl (C=O) groups excluding carboxylic acids is 2. The van der Waals surface area contributed by atoms with Gasteiger partial charge in [0.05, 0.1) is 34.7 Å². The van der Waals surface area contributed by atoms with Crippen molar-refractivity contribution in [3.05, 3.63) is 62.5 Å². The summed E-state index contributed by atoms with van der Waals surface area (Å²) >= 11 is 12.9. The fourth-order valence-electron chi connectivity index (χ4n) is 2.94. The number of hydrogen-bond donors (Lipinski definition) is 0. The molecular weight excluding hydrogens is 457 g/mol. The predicted octanol–water partition coefficient (Wildman–Crippen LogP) is 6.81. The van der Waals surface area contributed by atoms with E-state index >= 15 is 0 Å². The van der Waals surface area contributed by atoms with E-state index in [4.69, 9.17) is 32.7 Å². The molecule has 0 spiro atoms. The van der Waals surface area contributed by atoms with E-state index in [0.29, 0.717) is 39.7 Å². The summed E-state index contributed by atoms with van der Waals surface area (Å²) in [4.78, 5) is 26.8. The first kappa shape index (κ1) is 23.5. The van der Waals surface area contributed by atoms with Gasteiger partial charge in [-0.05, 0) is 66.6 Å². The van der Waals surface area contributed by atoms with Crippen molar-refractivity contribution in [1.29, 1.82) is 0 Å². The fourth-order valence-corrected chi connectivity index (χ4v) is 4.10. The van der Waals surface area contributed by atoms with Crippen molar-refractivity contribution in [3.8, 4) is 11.5 Å². The standard InChI is InChI=1S/C23H23Cl2NO4S/c1-3-5-10-30-19-9-7-15(12-20(19)29-4-2)13-21-22(27)26(23(28)31-21)14-16-6-8-17(24)18(25)11-16/h6-9,11-13H,3-5,10,14H2,1-2H3/b21-13-. The molecule has 1 aliphatic heterocycles. The minimum atomic E-state index is -0.345. The number of amides is 2. The third-order valence-electron chi connectivity index (χ3n) is 4.52. The van der Waals surface area contributed by atoms with Crippen molar-refractivity contribution in [2.24, 2.45) is 0 Å². The Bertz CT molecular complexity index is 1010. The number of unbranched alkanes of at least 4 members (excludes halogenated alkanes) is 1. The fraction of sp³-hybridized carbons (Fsp3) is 0.304. The lowest BCUT2D eigenvalue weighted by atomic mass is 10.1. The molecule has 1 saturated heterocycles. The summed E-state index contributed by atoms with van der Waals surface area (Å²) in [5, 5.41) is 0.477. The smallest absolute Gasteiger partial charge is 0.293 e. The van der Waals surface area contributed by atoms with Crippen molar-refractivity contribution in [2.45, 2.75) is 33.2 Å². The highest BCUT2D eigenvalue weighted by Crippen LogP contribution is 2.36. The Morgan fingerprint density at radius 3 is 2.52 bits per heavy atom. The van der Waals surface area contributed by atoms with E-state index in [0.717, 1.165) is 35.7 Å². The molecule has 5 nitrogen and oxygen atoms in total. The monoisotopic (exact) mass is 479 g/mol. The molecule has 1 fully saturated rings. The van der Waals surface area contributed by atoms with Gasteiger partial charge in [0.2, 0.25) is 0 Å². The van der Waals surface area contributed by atoms with Gasteiger partial charge < -0.3 is 9.47 Å². The molecule has 2 amide bonds. The van der Waals surface area contributed by atoms with E-state index in [2.05, 4.69) is 6.92 Å². The molecule has 0 atom stereocenters. The molecule has 0 saturated carbocycles. The number of rotatable bonds is 9. The minimum Gasteiger partial charge on any atom is -0.490 e. The average Bonchev–Trinajstić information content (AvgIpc) is 3.00. The van der Waals surface area contributed by atoms with E-state index < -0.39 is 0 Å². The lowest BCUT2D eigenvalue weighted by molar-refractivity contribution is -0.123. The number of nitrogens with zero attached hydrogens (tertiary/aromatic N) is 1. The van der Waals surface area contributed by atoms with Crippen LogP contribution in [0, 0.1) is 0 Å². The first-order chi connectivity index (χ1) is 14.9. The predicted molar refractivity (Wildman–Crippen MR) is 126 cm³/mol. The van der Waals surface area contributed by atoms with Gasteiger partial charge in [-0.2, -0.15) is 0 Å². The molecule has 1 heterocycles. The summed E-state index contributed by atoms with van der Waals surface area (Å²) in [6.45, 7) is 5.24. The first-order valence-corrected chi connectivity index (χ1v) is 11.6. The zero-order valence-electron chi connectivity index (χ0n) is 17.3. The Morgan fingerprint density at radius 1 is 1.00 bits per heavy atom. The molecule has 0 unspecified atom stereocenters. The Labute approximate surface area is 196 Å². The van der Waals surface area contributed by atoms with Crippen molar-refractivity contribution in [1.82, 2.24) is 4.90 Å². The quantitative estimate of drug-likeness (QED) is 0.292. The van der Waals surface area contributed by atoms with Crippen LogP contribution in [-0.4, -0.2) is 29.3 Å². The largest absolute Gasteiger partial charge is 0.490 e. The Kier molecular flexibility index (Phi) is 8.29. The highest BCUT2D eigenvalue weighted by Gasteiger charge is 2.35. The van der Waals surface area contributed by atoms with E-state index in [-0.39, 0.29) is 17.7 Å². The van der Waals surface area contributed by atoms with E-state index in [1.807, 2.05) is 25.1 Å². The van der Waals surface area contributed by atoms with E-state index in [1.54, 1.807) is 24.3 Å². The number of halogens is 2. The minimum absolute atomic E-state index is 0.132. The second kappa shape index (κ2) is 10.9. The van der Waals surface area contributed by atoms with Gasteiger partial charge in [-0.3, -0.25) is 14.5 Å². The SMILES string of the molecule is CCCCOc1ccc(/C=C2\SC(=O)N(Cc3ccc(Cl)c(Cl)c3)C2=O)cc1OCC. The molecule has 0 aromatic heterocycles. The summed E-state index contributed by atoms with van der Waals surface area (Å²) in [6.07, 6.45) is 3.69. The number of carbonyl (C=O) groups is 2. The molecular formula is C23H23Cl2NO4S. The molecule has 2 aromatic carbocycles. The summed E-state index contributed by atoms with van der Waals surface area (Å²) in [6, 6.07) is 10.5. The third kappa shape index (κ3) is 5.97. The number of benzene rings is 2. The highest BCUT2D eigenvalue weighted by molar-refractivity contribution is 8.18. The van der Waals surface area contributed by atoms with Gasteiger partial charge in [0.1, 0.15) is 0 Å². The summed E-state index contributed by atoms with van der Waals surface area (Å²) < 4.78 is 11.5. The third-order valence-corrected chi connectivity index (χ3v) is 6.17. The van der Waals surface area contributed by atoms with Crippen LogP contribution in [0.25, 0.3) is 6.08 Å². The van der Waals surface area contributed by atoms with Crippen LogP contribution in [0.4, 0.5) is 4.79 Å². The second-order valence-corrected chi connectivity index (χ2v) is 8.67. The maximum Gasteiger partial charge on any atom is 0.293 e. The number of thioether (sulfide) groups is 1. The van der Waals surface area contributed by atoms with Gasteiger partial charge in [0.25, 0.3) is 11.1 Å². The maximum atomic E-state index is 12.8. The van der Waals surface area contributed by atoms with Crippen LogP contribution in [0.5, 0.6) is 11.5 Å². The summed E-state index contributed by atoms with van der Waals surface area (Å²) in [7, 11) is 0. The summed E-state index contributed by atoms with van der Waals surface area (Å²) in [5.41, 5.74) is 1.48. The number of imide groups is 1. The zero-order chi connectivity index (χ0) is 22.4. The van der Waals surface area contributed by atoms with Crippen molar-refractivity contribution < 1.29 is 19.1 Å². The van der Waals surface area contributed by atoms with E-state index in [1.165, 1.54) is 4.90 Å². The molecule has 1 aliphatic rings. The topological polar surface area (TPSA) is 55.8 Å². The van der Waals surface area contributed by atoms with Crippen LogP contribution in [0.3, 0.4) is 0 Å². The van der Waals surface area contributed by atoms with E-state index in [9.17, 15) is 9.59 Å². The van der Waals surface area contributed by atoms with Crippen LogP contribution in [0.15, 0.2) is 41.3 Å². The van der Waals surface area contributed by atoms with Gasteiger partial charge in [-0.1, -0.05) is 48.7 Å². The van der Waals surface area contributed by atoms with Gasteiger partial charge in [-0.15, -0.1) is 0 Å². The Morgan fingerprint density at radius 2 is 1.81 bits per heavy atom. The number of hydrogen-bond acceptors (Lipinski definition) is 5. The molecule has 0 radical (unpaired) electrons. The van der Waals surface area contributed by atoms with Crippen molar-refractivity contribution >= 4 is 52.2 Å². The van der Waals surface area contributed by atoms with Crippen molar-refractivity contribution in [2.75, 3.05) is 13.2 Å². The van der Waals surface area contributed by atoms with Gasteiger partial charge in [0, 0.05) is 0 Å². The normalized spacial score (nSPS) is 15.1. The molecule has 0 N–H and O–H groups in total. The zero-order valence-corrected chi connectivity index (χ0v) is 19.6. The molecule has 2 aromatic rings. The molecule has 31 heavy (non-hydrogen) atoms. The average molecular weight is 480 g/mol. The summed E-state index contributed by atoms with van der Waals surface area (Å²) in [5.74, 6) is 0.935. The van der Waals surface area contributed by atoms with Crippen LogP contribution < -0.4 is 9.47 Å². The molecule has 0 bridgehead atoms. The van der Waals surface area contributed by atoms with Crippen LogP contribution in [-0.2, 0) is 11.3 Å². The lowest BCUT2D eigenvalue weighted by Crippen LogP contribution is -2.27. The Hall–Kier alpha value is -2.15. The highest BCUT2D eigenvalue weighted by atomic mass is 35.5. The second-order valence-electron chi connectivity index (χ2n) is 6.86. The Balaban J connectivity index is 1.78. The van der Waals surface area contributed by atoms with Crippen LogP contribution in [0.2, 0.25) is 10.0 Å².